The highest BCUT2D eigenvalue weighted by molar-refractivity contribution is 6.32. The summed E-state index contributed by atoms with van der Waals surface area (Å²) < 4.78 is 7.31. The standard InChI is InChI=1S/C21H30ClN7O2/c1-12-6-17(27-28(12)5)25-19-23-9-16(22)18(26-19)24-15-7-13-10-29(11-14(13)8-15)20(30)31-21(2,3)4/h6,9,13-15H,7-8,10-11H2,1-5H3,(H2,23,24,25,26,27). The lowest BCUT2D eigenvalue weighted by Gasteiger charge is -2.25. The van der Waals surface area contributed by atoms with Crippen LogP contribution in [0.1, 0.15) is 39.3 Å². The number of aryl methyl sites for hydroxylation is 2. The SMILES string of the molecule is Cc1cc(Nc2ncc(Cl)c(NC3CC4CN(C(=O)OC(C)(C)C)CC4C3)n2)nn1C. The van der Waals surface area contributed by atoms with Gasteiger partial charge in [0, 0.05) is 37.9 Å². The Morgan fingerprint density at radius 2 is 1.94 bits per heavy atom. The van der Waals surface area contributed by atoms with E-state index in [9.17, 15) is 4.79 Å². The highest BCUT2D eigenvalue weighted by Gasteiger charge is 2.43. The van der Waals surface area contributed by atoms with Crippen LogP contribution in [0.25, 0.3) is 0 Å². The molecule has 0 radical (unpaired) electrons. The Kier molecular flexibility index (Phi) is 5.72. The number of anilines is 3. The van der Waals surface area contributed by atoms with Crippen LogP contribution >= 0.6 is 11.6 Å². The summed E-state index contributed by atoms with van der Waals surface area (Å²) >= 11 is 6.35. The molecule has 31 heavy (non-hydrogen) atoms. The zero-order chi connectivity index (χ0) is 22.3. The third-order valence-electron chi connectivity index (χ3n) is 5.84. The number of rotatable bonds is 4. The number of carbonyl (C=O) groups excluding carboxylic acids is 1. The smallest absolute Gasteiger partial charge is 0.410 e. The number of hydrogen-bond acceptors (Lipinski definition) is 7. The van der Waals surface area contributed by atoms with E-state index in [2.05, 4.69) is 25.7 Å². The molecule has 1 aliphatic heterocycles. The van der Waals surface area contributed by atoms with Crippen LogP contribution in [-0.2, 0) is 11.8 Å². The molecular formula is C21H30ClN7O2. The van der Waals surface area contributed by atoms with Gasteiger partial charge in [-0.15, -0.1) is 0 Å². The van der Waals surface area contributed by atoms with E-state index in [1.54, 1.807) is 10.9 Å². The monoisotopic (exact) mass is 447 g/mol. The zero-order valence-electron chi connectivity index (χ0n) is 18.6. The van der Waals surface area contributed by atoms with Gasteiger partial charge >= 0.3 is 6.09 Å². The van der Waals surface area contributed by atoms with Gasteiger partial charge in [-0.25, -0.2) is 9.78 Å². The van der Waals surface area contributed by atoms with Gasteiger partial charge in [0.2, 0.25) is 5.95 Å². The topological polar surface area (TPSA) is 97.2 Å². The first kappa shape index (κ1) is 21.7. The van der Waals surface area contributed by atoms with Crippen molar-refractivity contribution < 1.29 is 9.53 Å². The first-order chi connectivity index (χ1) is 14.6. The van der Waals surface area contributed by atoms with Crippen molar-refractivity contribution in [3.8, 4) is 0 Å². The van der Waals surface area contributed by atoms with Gasteiger partial charge in [0.25, 0.3) is 0 Å². The molecule has 1 saturated carbocycles. The molecule has 2 aliphatic rings. The second-order valence-corrected chi connectivity index (χ2v) is 9.94. The molecule has 1 aliphatic carbocycles. The third kappa shape index (κ3) is 5.03. The average Bonchev–Trinajstić information content (AvgIpc) is 3.30. The first-order valence-corrected chi connectivity index (χ1v) is 11.0. The van der Waals surface area contributed by atoms with E-state index < -0.39 is 5.60 Å². The van der Waals surface area contributed by atoms with E-state index >= 15 is 0 Å². The van der Waals surface area contributed by atoms with Crippen molar-refractivity contribution in [3.63, 3.8) is 0 Å². The molecular weight excluding hydrogens is 418 g/mol. The maximum Gasteiger partial charge on any atom is 0.410 e. The Balaban J connectivity index is 1.35. The molecule has 2 aromatic rings. The minimum atomic E-state index is -0.470. The Hall–Kier alpha value is -2.55. The number of halogens is 1. The van der Waals surface area contributed by atoms with Crippen LogP contribution in [0.5, 0.6) is 0 Å². The van der Waals surface area contributed by atoms with E-state index in [1.807, 2.05) is 45.7 Å². The number of aromatic nitrogens is 4. The molecule has 2 atom stereocenters. The fraction of sp³-hybridized carbons (Fsp3) is 0.619. The predicted octanol–water partition coefficient (Wildman–Crippen LogP) is 3.97. The molecule has 1 amide bonds. The third-order valence-corrected chi connectivity index (χ3v) is 6.12. The Morgan fingerprint density at radius 3 is 2.52 bits per heavy atom. The number of carbonyl (C=O) groups is 1. The fourth-order valence-electron chi connectivity index (χ4n) is 4.35. The molecule has 168 valence electrons. The van der Waals surface area contributed by atoms with Crippen molar-refractivity contribution in [1.82, 2.24) is 24.6 Å². The van der Waals surface area contributed by atoms with Gasteiger partial charge in [-0.1, -0.05) is 11.6 Å². The van der Waals surface area contributed by atoms with Gasteiger partial charge in [-0.3, -0.25) is 4.68 Å². The van der Waals surface area contributed by atoms with E-state index in [0.29, 0.717) is 34.4 Å². The van der Waals surface area contributed by atoms with Crippen molar-refractivity contribution in [3.05, 3.63) is 23.0 Å². The van der Waals surface area contributed by atoms with Crippen molar-refractivity contribution >= 4 is 35.3 Å². The molecule has 0 aromatic carbocycles. The number of amides is 1. The summed E-state index contributed by atoms with van der Waals surface area (Å²) in [5.41, 5.74) is 0.565. The van der Waals surface area contributed by atoms with Crippen molar-refractivity contribution in [2.24, 2.45) is 18.9 Å². The maximum absolute atomic E-state index is 12.4. The zero-order valence-corrected chi connectivity index (χ0v) is 19.4. The first-order valence-electron chi connectivity index (χ1n) is 10.6. The molecule has 9 nitrogen and oxygen atoms in total. The normalized spacial score (nSPS) is 23.0. The summed E-state index contributed by atoms with van der Waals surface area (Å²) in [6.07, 6.45) is 3.30. The maximum atomic E-state index is 12.4. The Bertz CT molecular complexity index is 938. The lowest BCUT2D eigenvalue weighted by atomic mass is 10.0. The lowest BCUT2D eigenvalue weighted by Crippen LogP contribution is -2.36. The van der Waals surface area contributed by atoms with Crippen LogP contribution in [0.4, 0.5) is 22.4 Å². The number of likely N-dealkylation sites (tertiary alicyclic amines) is 1. The Labute approximate surface area is 187 Å². The molecule has 2 fully saturated rings. The molecule has 4 rings (SSSR count). The summed E-state index contributed by atoms with van der Waals surface area (Å²) in [7, 11) is 1.89. The van der Waals surface area contributed by atoms with Gasteiger partial charge in [0.15, 0.2) is 11.6 Å². The predicted molar refractivity (Wildman–Crippen MR) is 120 cm³/mol. The van der Waals surface area contributed by atoms with Crippen LogP contribution in [-0.4, -0.2) is 55.5 Å². The fourth-order valence-corrected chi connectivity index (χ4v) is 4.50. The number of ether oxygens (including phenoxy) is 1. The minimum Gasteiger partial charge on any atom is -0.444 e. The van der Waals surface area contributed by atoms with Crippen molar-refractivity contribution in [2.45, 2.75) is 52.2 Å². The van der Waals surface area contributed by atoms with Crippen LogP contribution in [0.3, 0.4) is 0 Å². The van der Waals surface area contributed by atoms with Crippen LogP contribution in [0, 0.1) is 18.8 Å². The van der Waals surface area contributed by atoms with Gasteiger partial charge < -0.3 is 20.3 Å². The summed E-state index contributed by atoms with van der Waals surface area (Å²) in [6.45, 7) is 9.14. The number of nitrogens with zero attached hydrogens (tertiary/aromatic N) is 5. The molecule has 0 bridgehead atoms. The van der Waals surface area contributed by atoms with E-state index in [0.717, 1.165) is 31.6 Å². The van der Waals surface area contributed by atoms with Crippen molar-refractivity contribution in [1.29, 1.82) is 0 Å². The van der Waals surface area contributed by atoms with E-state index in [1.165, 1.54) is 0 Å². The van der Waals surface area contributed by atoms with Crippen LogP contribution in [0.15, 0.2) is 12.3 Å². The molecule has 3 heterocycles. The second-order valence-electron chi connectivity index (χ2n) is 9.53. The highest BCUT2D eigenvalue weighted by Crippen LogP contribution is 2.40. The summed E-state index contributed by atoms with van der Waals surface area (Å²) in [6, 6.07) is 2.19. The molecule has 2 N–H and O–H groups in total. The van der Waals surface area contributed by atoms with Gasteiger partial charge in [0.1, 0.15) is 10.6 Å². The quantitative estimate of drug-likeness (QED) is 0.731. The van der Waals surface area contributed by atoms with Crippen LogP contribution in [0.2, 0.25) is 5.02 Å². The number of fused-ring (bicyclic) bond motifs is 1. The second kappa shape index (κ2) is 8.18. The molecule has 1 saturated heterocycles. The molecule has 2 unspecified atom stereocenters. The summed E-state index contributed by atoms with van der Waals surface area (Å²) in [4.78, 5) is 23.0. The summed E-state index contributed by atoms with van der Waals surface area (Å²) in [5.74, 6) is 2.66. The minimum absolute atomic E-state index is 0.217. The molecule has 2 aromatic heterocycles. The van der Waals surface area contributed by atoms with Crippen molar-refractivity contribution in [2.75, 3.05) is 23.7 Å². The number of hydrogen-bond donors (Lipinski definition) is 2. The lowest BCUT2D eigenvalue weighted by molar-refractivity contribution is 0.0280. The highest BCUT2D eigenvalue weighted by atomic mass is 35.5. The van der Waals surface area contributed by atoms with Gasteiger partial charge in [-0.2, -0.15) is 10.1 Å². The largest absolute Gasteiger partial charge is 0.444 e. The van der Waals surface area contributed by atoms with E-state index in [-0.39, 0.29) is 12.1 Å². The van der Waals surface area contributed by atoms with Crippen LogP contribution < -0.4 is 10.6 Å². The van der Waals surface area contributed by atoms with E-state index in [4.69, 9.17) is 16.3 Å². The molecule has 10 heteroatoms. The molecule has 0 spiro atoms. The average molecular weight is 448 g/mol. The van der Waals surface area contributed by atoms with Gasteiger partial charge in [0.05, 0.1) is 6.20 Å². The van der Waals surface area contributed by atoms with Gasteiger partial charge in [-0.05, 0) is 52.4 Å². The Morgan fingerprint density at radius 1 is 1.26 bits per heavy atom. The summed E-state index contributed by atoms with van der Waals surface area (Å²) in [5, 5.41) is 11.5. The number of nitrogens with one attached hydrogen (secondary N) is 2.